The molecule has 0 aliphatic carbocycles. The quantitative estimate of drug-likeness (QED) is 0.559. The maximum absolute atomic E-state index is 12.2. The van der Waals surface area contributed by atoms with Gasteiger partial charge in [0.2, 0.25) is 12.5 Å². The summed E-state index contributed by atoms with van der Waals surface area (Å²) in [5, 5.41) is 0. The van der Waals surface area contributed by atoms with Crippen LogP contribution < -0.4 is 23.7 Å². The van der Waals surface area contributed by atoms with Gasteiger partial charge in [-0.15, -0.1) is 0 Å². The third kappa shape index (κ3) is 2.93. The molecule has 7 nitrogen and oxygen atoms in total. The van der Waals surface area contributed by atoms with Crippen LogP contribution in [0, 0.1) is 5.92 Å². The second kappa shape index (κ2) is 7.24. The summed E-state index contributed by atoms with van der Waals surface area (Å²) in [6.07, 6.45) is -0.538. The van der Waals surface area contributed by atoms with Crippen LogP contribution in [0.25, 0.3) is 11.1 Å². The van der Waals surface area contributed by atoms with E-state index >= 15 is 0 Å². The van der Waals surface area contributed by atoms with E-state index in [9.17, 15) is 4.79 Å². The first-order chi connectivity index (χ1) is 14.0. The van der Waals surface area contributed by atoms with Gasteiger partial charge in [-0.3, -0.25) is 0 Å². The molecular formula is C22H22O7. The zero-order valence-corrected chi connectivity index (χ0v) is 16.7. The van der Waals surface area contributed by atoms with Crippen molar-refractivity contribution in [3.8, 4) is 39.9 Å². The molecule has 2 atom stereocenters. The topological polar surface area (TPSA) is 72.5 Å². The zero-order valence-electron chi connectivity index (χ0n) is 16.7. The van der Waals surface area contributed by atoms with Crippen molar-refractivity contribution in [1.82, 2.24) is 0 Å². The molecule has 0 radical (unpaired) electrons. The summed E-state index contributed by atoms with van der Waals surface area (Å²) in [5.74, 6) is 2.08. The van der Waals surface area contributed by atoms with Crippen molar-refractivity contribution < 1.29 is 33.2 Å². The van der Waals surface area contributed by atoms with Gasteiger partial charge in [-0.25, -0.2) is 4.79 Å². The summed E-state index contributed by atoms with van der Waals surface area (Å²) in [6, 6.07) is 7.41. The largest absolute Gasteiger partial charge is 0.493 e. The van der Waals surface area contributed by atoms with Crippen molar-refractivity contribution >= 4 is 5.97 Å². The second-order valence-electron chi connectivity index (χ2n) is 6.82. The van der Waals surface area contributed by atoms with Crippen molar-refractivity contribution in [2.45, 2.75) is 13.0 Å². The van der Waals surface area contributed by atoms with E-state index < -0.39 is 12.1 Å². The van der Waals surface area contributed by atoms with Gasteiger partial charge in [0.05, 0.1) is 21.3 Å². The van der Waals surface area contributed by atoms with E-state index in [0.29, 0.717) is 34.3 Å². The molecule has 0 saturated carbocycles. The molecule has 4 rings (SSSR count). The molecule has 2 unspecified atom stereocenters. The number of ether oxygens (including phenoxy) is 6. The van der Waals surface area contributed by atoms with Crippen molar-refractivity contribution in [1.29, 1.82) is 0 Å². The van der Waals surface area contributed by atoms with E-state index in [4.69, 9.17) is 28.4 Å². The van der Waals surface area contributed by atoms with E-state index in [1.165, 1.54) is 0 Å². The average Bonchev–Trinajstić information content (AvgIpc) is 3.31. The molecule has 0 bridgehead atoms. The molecule has 2 heterocycles. The summed E-state index contributed by atoms with van der Waals surface area (Å²) in [5.41, 5.74) is 2.70. The fraction of sp³-hybridized carbons (Fsp3) is 0.318. The summed E-state index contributed by atoms with van der Waals surface area (Å²) in [4.78, 5) is 12.2. The van der Waals surface area contributed by atoms with E-state index in [1.54, 1.807) is 21.3 Å². The molecule has 29 heavy (non-hydrogen) atoms. The van der Waals surface area contributed by atoms with Gasteiger partial charge in [0.1, 0.15) is 6.10 Å². The Morgan fingerprint density at radius 1 is 1.00 bits per heavy atom. The lowest BCUT2D eigenvalue weighted by Gasteiger charge is -2.24. The first-order valence-corrected chi connectivity index (χ1v) is 9.12. The molecule has 0 N–H and O–H groups in total. The predicted molar refractivity (Wildman–Crippen MR) is 105 cm³/mol. The molecule has 0 spiro atoms. The molecule has 2 aromatic rings. The Hall–Kier alpha value is -3.35. The average molecular weight is 398 g/mol. The first-order valence-electron chi connectivity index (χ1n) is 9.12. The minimum atomic E-state index is -0.538. The van der Waals surface area contributed by atoms with Gasteiger partial charge in [-0.1, -0.05) is 19.6 Å². The predicted octanol–water partition coefficient (Wildman–Crippen LogP) is 3.90. The fourth-order valence-electron chi connectivity index (χ4n) is 3.74. The lowest BCUT2D eigenvalue weighted by Crippen LogP contribution is -2.09. The molecule has 0 aromatic heterocycles. The van der Waals surface area contributed by atoms with E-state index in [1.807, 2.05) is 31.2 Å². The van der Waals surface area contributed by atoms with Crippen LogP contribution in [0.2, 0.25) is 0 Å². The van der Waals surface area contributed by atoms with Crippen LogP contribution in [0.15, 0.2) is 36.4 Å². The maximum Gasteiger partial charge on any atom is 0.334 e. The van der Waals surface area contributed by atoms with Gasteiger partial charge < -0.3 is 28.4 Å². The number of hydrogen-bond donors (Lipinski definition) is 0. The third-order valence-corrected chi connectivity index (χ3v) is 5.33. The van der Waals surface area contributed by atoms with Gasteiger partial charge >= 0.3 is 5.97 Å². The SMILES string of the molecule is C=C1C(=O)OC(c2cc(OC)c(OC)c(OC)c2-c2ccc3c(c2)OCO3)C1C. The monoisotopic (exact) mass is 398 g/mol. The summed E-state index contributed by atoms with van der Waals surface area (Å²) in [7, 11) is 4.65. The second-order valence-corrected chi connectivity index (χ2v) is 6.82. The minimum absolute atomic E-state index is 0.172. The van der Waals surface area contributed by atoms with E-state index in [2.05, 4.69) is 6.58 Å². The Bertz CT molecular complexity index is 995. The lowest BCUT2D eigenvalue weighted by atomic mass is 9.87. The number of cyclic esters (lactones) is 1. The van der Waals surface area contributed by atoms with Crippen molar-refractivity contribution in [2.24, 2.45) is 5.92 Å². The van der Waals surface area contributed by atoms with Crippen molar-refractivity contribution in [3.05, 3.63) is 42.0 Å². The highest BCUT2D eigenvalue weighted by atomic mass is 16.7. The van der Waals surface area contributed by atoms with Crippen molar-refractivity contribution in [2.75, 3.05) is 28.1 Å². The van der Waals surface area contributed by atoms with Gasteiger partial charge in [0, 0.05) is 22.6 Å². The third-order valence-electron chi connectivity index (χ3n) is 5.33. The number of hydrogen-bond acceptors (Lipinski definition) is 7. The molecule has 152 valence electrons. The van der Waals surface area contributed by atoms with Crippen LogP contribution in [-0.2, 0) is 9.53 Å². The number of rotatable bonds is 5. The highest BCUT2D eigenvalue weighted by Crippen LogP contribution is 2.52. The van der Waals surface area contributed by atoms with Gasteiger partial charge in [-0.2, -0.15) is 0 Å². The van der Waals surface area contributed by atoms with Crippen molar-refractivity contribution in [3.63, 3.8) is 0 Å². The zero-order chi connectivity index (χ0) is 20.7. The maximum atomic E-state index is 12.2. The Balaban J connectivity index is 1.99. The van der Waals surface area contributed by atoms with Crippen LogP contribution in [0.3, 0.4) is 0 Å². The Kier molecular flexibility index (Phi) is 4.74. The van der Waals surface area contributed by atoms with Gasteiger partial charge in [0.15, 0.2) is 23.0 Å². The normalized spacial score (nSPS) is 19.9. The molecule has 2 aromatic carbocycles. The molecule has 2 aliphatic rings. The van der Waals surface area contributed by atoms with Gasteiger partial charge in [0.25, 0.3) is 0 Å². The number of esters is 1. The first kappa shape index (κ1) is 19.0. The molecule has 2 aliphatic heterocycles. The van der Waals surface area contributed by atoms with Crippen LogP contribution >= 0.6 is 0 Å². The molecule has 7 heteroatoms. The highest BCUT2D eigenvalue weighted by Gasteiger charge is 2.39. The van der Waals surface area contributed by atoms with Gasteiger partial charge in [-0.05, 0) is 23.8 Å². The number of methoxy groups -OCH3 is 3. The smallest absolute Gasteiger partial charge is 0.334 e. The number of benzene rings is 2. The van der Waals surface area contributed by atoms with Crippen LogP contribution in [0.4, 0.5) is 0 Å². The Morgan fingerprint density at radius 3 is 2.34 bits per heavy atom. The van der Waals surface area contributed by atoms with E-state index in [0.717, 1.165) is 16.7 Å². The molecule has 0 amide bonds. The fourth-order valence-corrected chi connectivity index (χ4v) is 3.74. The minimum Gasteiger partial charge on any atom is -0.493 e. The standard InChI is InChI=1S/C22H22O7/c1-11-12(2)22(23)29-19(11)14-9-17(24-3)20(25-4)21(26-5)18(14)13-6-7-15-16(8-13)28-10-27-15/h6-9,11,19H,2,10H2,1,3-5H3. The van der Waals surface area contributed by atoms with Crippen LogP contribution in [0.5, 0.6) is 28.7 Å². The van der Waals surface area contributed by atoms with Crippen LogP contribution in [0.1, 0.15) is 18.6 Å². The number of fused-ring (bicyclic) bond motifs is 1. The lowest BCUT2D eigenvalue weighted by molar-refractivity contribution is -0.139. The van der Waals surface area contributed by atoms with Crippen LogP contribution in [-0.4, -0.2) is 34.1 Å². The molecule has 1 saturated heterocycles. The van der Waals surface area contributed by atoms with E-state index in [-0.39, 0.29) is 12.7 Å². The number of carbonyl (C=O) groups is 1. The number of carbonyl (C=O) groups excluding carboxylic acids is 1. The summed E-state index contributed by atoms with van der Waals surface area (Å²) in [6.45, 7) is 5.94. The Morgan fingerprint density at radius 2 is 1.72 bits per heavy atom. The summed E-state index contributed by atoms with van der Waals surface area (Å²) < 4.78 is 33.4. The highest BCUT2D eigenvalue weighted by molar-refractivity contribution is 5.92. The molecular weight excluding hydrogens is 376 g/mol. The Labute approximate surface area is 168 Å². The molecule has 1 fully saturated rings. The summed E-state index contributed by atoms with van der Waals surface area (Å²) >= 11 is 0.